The number of nitro benzene ring substituents is 1. The molecule has 0 aromatic heterocycles. The Labute approximate surface area is 128 Å². The summed E-state index contributed by atoms with van der Waals surface area (Å²) in [6.07, 6.45) is 0.397. The highest BCUT2D eigenvalue weighted by molar-refractivity contribution is 9.10. The van der Waals surface area contributed by atoms with E-state index in [1.807, 2.05) is 0 Å². The fourth-order valence-electron chi connectivity index (χ4n) is 1.85. The predicted octanol–water partition coefficient (Wildman–Crippen LogP) is 3.92. The van der Waals surface area contributed by atoms with Gasteiger partial charge in [0.1, 0.15) is 5.82 Å². The summed E-state index contributed by atoms with van der Waals surface area (Å²) in [6, 6.07) is 11.4. The molecule has 0 spiro atoms. The van der Waals surface area contributed by atoms with Gasteiger partial charge in [0.05, 0.1) is 9.75 Å². The van der Waals surface area contributed by atoms with Crippen LogP contribution in [0.15, 0.2) is 48.5 Å². The molecule has 0 aliphatic carbocycles. The van der Waals surface area contributed by atoms with E-state index < -0.39 is 15.6 Å². The van der Waals surface area contributed by atoms with Crippen molar-refractivity contribution in [2.24, 2.45) is 0 Å². The number of nitrogens with zero attached hydrogens (tertiary/aromatic N) is 1. The third-order valence-corrected chi connectivity index (χ3v) is 3.71. The first-order valence-electron chi connectivity index (χ1n) is 6.14. The smallest absolute Gasteiger partial charge is 0.269 e. The van der Waals surface area contributed by atoms with Gasteiger partial charge in [0, 0.05) is 17.7 Å². The number of ketones is 1. The molecule has 0 radical (unpaired) electrons. The minimum absolute atomic E-state index is 0.00901. The van der Waals surface area contributed by atoms with Crippen LogP contribution in [0.4, 0.5) is 10.1 Å². The maximum Gasteiger partial charge on any atom is 0.269 e. The van der Waals surface area contributed by atoms with Gasteiger partial charge in [0.25, 0.3) is 5.69 Å². The largest absolute Gasteiger partial charge is 0.293 e. The molecule has 21 heavy (non-hydrogen) atoms. The molecule has 0 saturated carbocycles. The van der Waals surface area contributed by atoms with Crippen LogP contribution < -0.4 is 0 Å². The zero-order valence-corrected chi connectivity index (χ0v) is 12.4. The minimum atomic E-state index is -0.473. The Balaban J connectivity index is 2.06. The van der Waals surface area contributed by atoms with E-state index in [0.717, 1.165) is 5.56 Å². The van der Waals surface area contributed by atoms with Gasteiger partial charge in [0.2, 0.25) is 0 Å². The maximum atomic E-state index is 12.8. The van der Waals surface area contributed by atoms with E-state index in [-0.39, 0.29) is 11.5 Å². The van der Waals surface area contributed by atoms with Gasteiger partial charge in [-0.05, 0) is 36.2 Å². The molecule has 0 heterocycles. The number of non-ortho nitro benzene ring substituents is 1. The molecule has 0 aliphatic rings. The van der Waals surface area contributed by atoms with Gasteiger partial charge in [-0.1, -0.05) is 28.1 Å². The van der Waals surface area contributed by atoms with Crippen molar-refractivity contribution in [3.8, 4) is 0 Å². The molecule has 4 nitrogen and oxygen atoms in total. The molecule has 2 rings (SSSR count). The summed E-state index contributed by atoms with van der Waals surface area (Å²) in [5.74, 6) is -0.554. The molecule has 1 atom stereocenters. The van der Waals surface area contributed by atoms with E-state index in [4.69, 9.17) is 0 Å². The number of nitro groups is 1. The molecule has 0 amide bonds. The van der Waals surface area contributed by atoms with Gasteiger partial charge >= 0.3 is 0 Å². The molecule has 0 saturated heterocycles. The number of alkyl halides is 1. The summed E-state index contributed by atoms with van der Waals surface area (Å²) >= 11 is 3.31. The van der Waals surface area contributed by atoms with Crippen molar-refractivity contribution in [1.82, 2.24) is 0 Å². The SMILES string of the molecule is O=C(c1ccc(F)cc1)C(Br)Cc1ccc([N+](=O)[O-])cc1. The van der Waals surface area contributed by atoms with Crippen molar-refractivity contribution in [2.45, 2.75) is 11.2 Å². The van der Waals surface area contributed by atoms with Gasteiger partial charge in [-0.15, -0.1) is 0 Å². The van der Waals surface area contributed by atoms with Gasteiger partial charge in [0.15, 0.2) is 5.78 Å². The van der Waals surface area contributed by atoms with Crippen molar-refractivity contribution >= 4 is 27.4 Å². The highest BCUT2D eigenvalue weighted by atomic mass is 79.9. The third kappa shape index (κ3) is 3.95. The zero-order valence-electron chi connectivity index (χ0n) is 10.8. The molecular formula is C15H11BrFNO3. The highest BCUT2D eigenvalue weighted by Crippen LogP contribution is 2.18. The summed E-state index contributed by atoms with van der Waals surface area (Å²) in [5.41, 5.74) is 1.23. The summed E-state index contributed by atoms with van der Waals surface area (Å²) in [5, 5.41) is 10.6. The Morgan fingerprint density at radius 2 is 1.71 bits per heavy atom. The Hall–Kier alpha value is -2.08. The minimum Gasteiger partial charge on any atom is -0.293 e. The average molecular weight is 352 g/mol. The molecule has 0 bridgehead atoms. The highest BCUT2D eigenvalue weighted by Gasteiger charge is 2.18. The molecule has 0 fully saturated rings. The lowest BCUT2D eigenvalue weighted by Gasteiger charge is -2.09. The first-order chi connectivity index (χ1) is 9.97. The van der Waals surface area contributed by atoms with Gasteiger partial charge < -0.3 is 0 Å². The molecule has 0 aliphatic heterocycles. The zero-order chi connectivity index (χ0) is 15.4. The Morgan fingerprint density at radius 3 is 2.24 bits per heavy atom. The summed E-state index contributed by atoms with van der Waals surface area (Å²) in [7, 11) is 0. The number of hydrogen-bond donors (Lipinski definition) is 0. The Morgan fingerprint density at radius 1 is 1.14 bits per heavy atom. The summed E-state index contributed by atoms with van der Waals surface area (Å²) in [4.78, 5) is 21.8. The monoisotopic (exact) mass is 351 g/mol. The second-order valence-corrected chi connectivity index (χ2v) is 5.57. The molecule has 108 valence electrons. The second-order valence-electron chi connectivity index (χ2n) is 4.47. The predicted molar refractivity (Wildman–Crippen MR) is 80.2 cm³/mol. The van der Waals surface area contributed by atoms with Crippen LogP contribution in [0.1, 0.15) is 15.9 Å². The van der Waals surface area contributed by atoms with Crippen LogP contribution in [-0.4, -0.2) is 15.5 Å². The van der Waals surface area contributed by atoms with Gasteiger partial charge in [-0.25, -0.2) is 4.39 Å². The van der Waals surface area contributed by atoms with Crippen LogP contribution in [0.5, 0.6) is 0 Å². The Kier molecular flexibility index (Phi) is 4.80. The standard InChI is InChI=1S/C15H11BrFNO3/c16-14(15(19)11-3-5-12(17)6-4-11)9-10-1-7-13(8-2-10)18(20)21/h1-8,14H,9H2. The average Bonchev–Trinajstić information content (AvgIpc) is 2.47. The lowest BCUT2D eigenvalue weighted by Crippen LogP contribution is -2.17. The number of hydrogen-bond acceptors (Lipinski definition) is 3. The van der Waals surface area contributed by atoms with Crippen molar-refractivity contribution < 1.29 is 14.1 Å². The topological polar surface area (TPSA) is 60.2 Å². The second kappa shape index (κ2) is 6.58. The number of rotatable bonds is 5. The molecule has 0 N–H and O–H groups in total. The van der Waals surface area contributed by atoms with Crippen molar-refractivity contribution in [1.29, 1.82) is 0 Å². The van der Waals surface area contributed by atoms with E-state index in [9.17, 15) is 19.3 Å². The van der Waals surface area contributed by atoms with E-state index in [2.05, 4.69) is 15.9 Å². The van der Waals surface area contributed by atoms with E-state index >= 15 is 0 Å². The molecule has 2 aromatic carbocycles. The van der Waals surface area contributed by atoms with Crippen LogP contribution in [0.25, 0.3) is 0 Å². The lowest BCUT2D eigenvalue weighted by atomic mass is 10.0. The Bertz CT molecular complexity index is 656. The quantitative estimate of drug-likeness (QED) is 0.355. The number of Topliss-reactive ketones (excluding diaryl/α,β-unsaturated/α-hetero) is 1. The molecule has 6 heteroatoms. The number of halogens is 2. The first kappa shape index (κ1) is 15.3. The van der Waals surface area contributed by atoms with Crippen molar-refractivity contribution in [3.05, 3.63) is 75.6 Å². The maximum absolute atomic E-state index is 12.8. The summed E-state index contributed by atoms with van der Waals surface area (Å²) < 4.78 is 12.8. The molecule has 2 aromatic rings. The van der Waals surface area contributed by atoms with Gasteiger partial charge in [-0.2, -0.15) is 0 Å². The first-order valence-corrected chi connectivity index (χ1v) is 7.06. The van der Waals surface area contributed by atoms with Crippen LogP contribution in [0.2, 0.25) is 0 Å². The molecule has 1 unspecified atom stereocenters. The lowest BCUT2D eigenvalue weighted by molar-refractivity contribution is -0.384. The van der Waals surface area contributed by atoms with E-state index in [1.165, 1.54) is 36.4 Å². The summed E-state index contributed by atoms with van der Waals surface area (Å²) in [6.45, 7) is 0. The van der Waals surface area contributed by atoms with E-state index in [1.54, 1.807) is 12.1 Å². The fourth-order valence-corrected chi connectivity index (χ4v) is 2.49. The van der Waals surface area contributed by atoms with Crippen LogP contribution in [0.3, 0.4) is 0 Å². The number of carbonyl (C=O) groups excluding carboxylic acids is 1. The van der Waals surface area contributed by atoms with Crippen molar-refractivity contribution in [2.75, 3.05) is 0 Å². The van der Waals surface area contributed by atoms with Crippen LogP contribution >= 0.6 is 15.9 Å². The molecular weight excluding hydrogens is 341 g/mol. The third-order valence-electron chi connectivity index (χ3n) is 2.98. The van der Waals surface area contributed by atoms with Crippen LogP contribution in [0, 0.1) is 15.9 Å². The number of benzene rings is 2. The fraction of sp³-hybridized carbons (Fsp3) is 0.133. The van der Waals surface area contributed by atoms with Gasteiger partial charge in [-0.3, -0.25) is 14.9 Å². The number of carbonyl (C=O) groups is 1. The van der Waals surface area contributed by atoms with Crippen LogP contribution in [-0.2, 0) is 6.42 Å². The van der Waals surface area contributed by atoms with E-state index in [0.29, 0.717) is 12.0 Å². The normalized spacial score (nSPS) is 11.9. The van der Waals surface area contributed by atoms with Crippen molar-refractivity contribution in [3.63, 3.8) is 0 Å².